The van der Waals surface area contributed by atoms with Gasteiger partial charge in [-0.25, -0.2) is 0 Å². The van der Waals surface area contributed by atoms with Crippen LogP contribution in [0.15, 0.2) is 0 Å². The van der Waals surface area contributed by atoms with Gasteiger partial charge in [0.1, 0.15) is 0 Å². The highest BCUT2D eigenvalue weighted by Gasteiger charge is 2.16. The van der Waals surface area contributed by atoms with Crippen molar-refractivity contribution in [2.45, 2.75) is 53.1 Å². The number of ether oxygens (including phenoxy) is 2. The minimum absolute atomic E-state index is 0.0419. The van der Waals surface area contributed by atoms with Crippen molar-refractivity contribution < 1.29 is 14.6 Å². The Morgan fingerprint density at radius 2 is 1.50 bits per heavy atom. The fourth-order valence-electron chi connectivity index (χ4n) is 1.08. The molecule has 0 saturated carbocycles. The maximum Gasteiger partial charge on any atom is 0.0598 e. The molecular formula is C13H28O3. The van der Waals surface area contributed by atoms with Crippen molar-refractivity contribution in [1.29, 1.82) is 0 Å². The average Bonchev–Trinajstić information content (AvgIpc) is 2.14. The van der Waals surface area contributed by atoms with E-state index in [0.717, 1.165) is 26.1 Å². The first-order valence-corrected chi connectivity index (χ1v) is 6.09. The van der Waals surface area contributed by atoms with Crippen LogP contribution in [0.1, 0.15) is 47.5 Å². The highest BCUT2D eigenvalue weighted by atomic mass is 16.5. The van der Waals surface area contributed by atoms with Crippen LogP contribution < -0.4 is 0 Å². The molecule has 0 aromatic carbocycles. The lowest BCUT2D eigenvalue weighted by molar-refractivity contribution is -0.0113. The van der Waals surface area contributed by atoms with Crippen molar-refractivity contribution in [3.8, 4) is 0 Å². The summed E-state index contributed by atoms with van der Waals surface area (Å²) in [5.41, 5.74) is -0.165. The molecular weight excluding hydrogens is 204 g/mol. The van der Waals surface area contributed by atoms with Gasteiger partial charge in [-0.15, -0.1) is 0 Å². The number of aliphatic hydroxyl groups excluding tert-OH is 1. The molecule has 3 nitrogen and oxygen atoms in total. The van der Waals surface area contributed by atoms with E-state index in [1.807, 2.05) is 13.8 Å². The molecule has 0 aromatic rings. The molecule has 16 heavy (non-hydrogen) atoms. The second kappa shape index (κ2) is 7.25. The Balaban J connectivity index is 3.29. The lowest BCUT2D eigenvalue weighted by atomic mass is 9.97. The van der Waals surface area contributed by atoms with Crippen molar-refractivity contribution in [2.24, 2.45) is 5.41 Å². The SMILES string of the molecule is CC(C)(CO)COCCCCOC(C)(C)C. The molecule has 0 heterocycles. The van der Waals surface area contributed by atoms with E-state index >= 15 is 0 Å². The first kappa shape index (κ1) is 15.9. The molecule has 0 radical (unpaired) electrons. The van der Waals surface area contributed by atoms with Crippen LogP contribution in [-0.4, -0.2) is 37.1 Å². The summed E-state index contributed by atoms with van der Waals surface area (Å²) in [6, 6.07) is 0. The van der Waals surface area contributed by atoms with Gasteiger partial charge in [-0.05, 0) is 33.6 Å². The summed E-state index contributed by atoms with van der Waals surface area (Å²) >= 11 is 0. The maximum atomic E-state index is 9.02. The molecule has 0 spiro atoms. The Kier molecular flexibility index (Phi) is 7.20. The highest BCUT2D eigenvalue weighted by molar-refractivity contribution is 4.65. The van der Waals surface area contributed by atoms with Gasteiger partial charge in [0.05, 0.1) is 18.8 Å². The van der Waals surface area contributed by atoms with Crippen molar-refractivity contribution >= 4 is 0 Å². The second-order valence-electron chi connectivity index (χ2n) is 6.04. The second-order valence-corrected chi connectivity index (χ2v) is 6.04. The summed E-state index contributed by atoms with van der Waals surface area (Å²) < 4.78 is 11.1. The summed E-state index contributed by atoms with van der Waals surface area (Å²) in [7, 11) is 0. The molecule has 0 aliphatic carbocycles. The van der Waals surface area contributed by atoms with Crippen LogP contribution in [0, 0.1) is 5.41 Å². The first-order chi connectivity index (χ1) is 7.27. The summed E-state index contributed by atoms with van der Waals surface area (Å²) in [6.07, 6.45) is 2.04. The topological polar surface area (TPSA) is 38.7 Å². The summed E-state index contributed by atoms with van der Waals surface area (Å²) in [5.74, 6) is 0. The van der Waals surface area contributed by atoms with Crippen LogP contribution in [0.3, 0.4) is 0 Å². The molecule has 0 aliphatic heterocycles. The minimum Gasteiger partial charge on any atom is -0.396 e. The first-order valence-electron chi connectivity index (χ1n) is 6.09. The van der Waals surface area contributed by atoms with E-state index in [1.165, 1.54) is 0 Å². The molecule has 0 atom stereocenters. The molecule has 3 heteroatoms. The van der Waals surface area contributed by atoms with Crippen molar-refractivity contribution in [1.82, 2.24) is 0 Å². The van der Waals surface area contributed by atoms with Crippen molar-refractivity contribution in [2.75, 3.05) is 26.4 Å². The third-order valence-corrected chi connectivity index (χ3v) is 2.14. The summed E-state index contributed by atoms with van der Waals surface area (Å²) in [6.45, 7) is 12.5. The molecule has 1 N–H and O–H groups in total. The standard InChI is InChI=1S/C13H28O3/c1-12(2,3)16-9-7-6-8-15-11-13(4,5)10-14/h14H,6-11H2,1-5H3. The summed E-state index contributed by atoms with van der Waals surface area (Å²) in [5, 5.41) is 9.02. The summed E-state index contributed by atoms with van der Waals surface area (Å²) in [4.78, 5) is 0. The molecule has 0 aliphatic rings. The largest absolute Gasteiger partial charge is 0.396 e. The monoisotopic (exact) mass is 232 g/mol. The lowest BCUT2D eigenvalue weighted by Crippen LogP contribution is -2.24. The van der Waals surface area contributed by atoms with Crippen LogP contribution >= 0.6 is 0 Å². The highest BCUT2D eigenvalue weighted by Crippen LogP contribution is 2.14. The maximum absolute atomic E-state index is 9.02. The van der Waals surface area contributed by atoms with Gasteiger partial charge in [0.2, 0.25) is 0 Å². The van der Waals surface area contributed by atoms with E-state index in [1.54, 1.807) is 0 Å². The molecule has 0 fully saturated rings. The van der Waals surface area contributed by atoms with E-state index < -0.39 is 0 Å². The zero-order chi connectivity index (χ0) is 12.7. The van der Waals surface area contributed by atoms with E-state index in [9.17, 15) is 0 Å². The predicted molar refractivity (Wildman–Crippen MR) is 66.6 cm³/mol. The third-order valence-electron chi connectivity index (χ3n) is 2.14. The quantitative estimate of drug-likeness (QED) is 0.654. The van der Waals surface area contributed by atoms with Gasteiger partial charge in [-0.3, -0.25) is 0 Å². The number of rotatable bonds is 8. The number of unbranched alkanes of at least 4 members (excludes halogenated alkanes) is 1. The van der Waals surface area contributed by atoms with E-state index in [0.29, 0.717) is 6.61 Å². The normalized spacial score (nSPS) is 13.1. The lowest BCUT2D eigenvalue weighted by Gasteiger charge is -2.21. The number of hydrogen-bond acceptors (Lipinski definition) is 3. The van der Waals surface area contributed by atoms with Gasteiger partial charge in [0, 0.05) is 18.6 Å². The Morgan fingerprint density at radius 1 is 0.938 bits per heavy atom. The number of hydrogen-bond donors (Lipinski definition) is 1. The van der Waals surface area contributed by atoms with Gasteiger partial charge >= 0.3 is 0 Å². The minimum atomic E-state index is -0.123. The Labute approximate surface area is 100 Å². The zero-order valence-electron chi connectivity index (χ0n) is 11.5. The molecule has 0 bridgehead atoms. The smallest absolute Gasteiger partial charge is 0.0598 e. The fourth-order valence-corrected chi connectivity index (χ4v) is 1.08. The van der Waals surface area contributed by atoms with Gasteiger partial charge < -0.3 is 14.6 Å². The molecule has 0 saturated heterocycles. The van der Waals surface area contributed by atoms with E-state index in [-0.39, 0.29) is 17.6 Å². The Morgan fingerprint density at radius 3 is 2.00 bits per heavy atom. The molecule has 0 aromatic heterocycles. The Bertz CT molecular complexity index is 171. The van der Waals surface area contributed by atoms with Gasteiger partial charge in [0.25, 0.3) is 0 Å². The van der Waals surface area contributed by atoms with Gasteiger partial charge in [-0.2, -0.15) is 0 Å². The molecule has 98 valence electrons. The van der Waals surface area contributed by atoms with Crippen LogP contribution in [0.4, 0.5) is 0 Å². The van der Waals surface area contributed by atoms with Crippen LogP contribution in [-0.2, 0) is 9.47 Å². The van der Waals surface area contributed by atoms with E-state index in [2.05, 4.69) is 20.8 Å². The van der Waals surface area contributed by atoms with Crippen molar-refractivity contribution in [3.63, 3.8) is 0 Å². The Hall–Kier alpha value is -0.120. The molecule has 0 unspecified atom stereocenters. The fraction of sp³-hybridized carbons (Fsp3) is 1.00. The average molecular weight is 232 g/mol. The predicted octanol–water partition coefficient (Wildman–Crippen LogP) is 2.62. The van der Waals surface area contributed by atoms with Crippen LogP contribution in [0.2, 0.25) is 0 Å². The third kappa shape index (κ3) is 10.4. The molecule has 0 amide bonds. The number of aliphatic hydroxyl groups is 1. The molecule has 0 rings (SSSR count). The van der Waals surface area contributed by atoms with Crippen LogP contribution in [0.5, 0.6) is 0 Å². The van der Waals surface area contributed by atoms with E-state index in [4.69, 9.17) is 14.6 Å². The van der Waals surface area contributed by atoms with Gasteiger partial charge in [-0.1, -0.05) is 13.8 Å². The van der Waals surface area contributed by atoms with Crippen LogP contribution in [0.25, 0.3) is 0 Å². The van der Waals surface area contributed by atoms with Gasteiger partial charge in [0.15, 0.2) is 0 Å². The zero-order valence-corrected chi connectivity index (χ0v) is 11.5. The van der Waals surface area contributed by atoms with Crippen molar-refractivity contribution in [3.05, 3.63) is 0 Å².